The lowest BCUT2D eigenvalue weighted by Crippen LogP contribution is -2.15. The average Bonchev–Trinajstić information content (AvgIpc) is 2.39. The first kappa shape index (κ1) is 12.5. The Labute approximate surface area is 108 Å². The van der Waals surface area contributed by atoms with Gasteiger partial charge in [-0.25, -0.2) is 4.98 Å². The molecule has 3 N–H and O–H groups in total. The van der Waals surface area contributed by atoms with Gasteiger partial charge >= 0.3 is 0 Å². The van der Waals surface area contributed by atoms with Crippen LogP contribution in [0.25, 0.3) is 0 Å². The molecule has 1 aromatic carbocycles. The third-order valence-corrected chi connectivity index (χ3v) is 2.37. The van der Waals surface area contributed by atoms with E-state index in [0.29, 0.717) is 5.82 Å². The van der Waals surface area contributed by atoms with Gasteiger partial charge in [0.15, 0.2) is 0 Å². The summed E-state index contributed by atoms with van der Waals surface area (Å²) in [7, 11) is 0. The number of nitrogens with one attached hydrogen (secondary N) is 1. The van der Waals surface area contributed by atoms with E-state index in [-0.39, 0.29) is 16.9 Å². The lowest BCUT2D eigenvalue weighted by Gasteiger charge is -2.05. The Morgan fingerprint density at radius 2 is 2.11 bits per heavy atom. The molecule has 1 heterocycles. The molecule has 0 aliphatic carbocycles. The van der Waals surface area contributed by atoms with Crippen LogP contribution in [0.3, 0.4) is 0 Å². The zero-order chi connectivity index (χ0) is 13.8. The molecule has 0 radical (unpaired) electrons. The fourth-order valence-corrected chi connectivity index (χ4v) is 1.52. The molecule has 0 saturated carbocycles. The predicted molar refractivity (Wildman–Crippen MR) is 69.7 cm³/mol. The molecule has 7 nitrogen and oxygen atoms in total. The molecule has 96 valence electrons. The van der Waals surface area contributed by atoms with Crippen molar-refractivity contribution in [2.24, 2.45) is 0 Å². The van der Waals surface area contributed by atoms with Crippen molar-refractivity contribution in [2.75, 3.05) is 11.1 Å². The number of amides is 1. The van der Waals surface area contributed by atoms with Crippen LogP contribution in [0.5, 0.6) is 0 Å². The second-order valence-electron chi connectivity index (χ2n) is 3.70. The summed E-state index contributed by atoms with van der Waals surface area (Å²) < 4.78 is 0. The van der Waals surface area contributed by atoms with Crippen molar-refractivity contribution in [2.45, 2.75) is 0 Å². The zero-order valence-corrected chi connectivity index (χ0v) is 9.74. The lowest BCUT2D eigenvalue weighted by molar-refractivity contribution is -0.385. The summed E-state index contributed by atoms with van der Waals surface area (Å²) >= 11 is 0. The zero-order valence-electron chi connectivity index (χ0n) is 9.74. The number of benzene rings is 1. The first-order valence-electron chi connectivity index (χ1n) is 5.34. The maximum Gasteiger partial charge on any atom is 0.282 e. The van der Waals surface area contributed by atoms with Gasteiger partial charge in [-0.2, -0.15) is 0 Å². The van der Waals surface area contributed by atoms with Gasteiger partial charge in [0.25, 0.3) is 11.6 Å². The Kier molecular flexibility index (Phi) is 3.37. The van der Waals surface area contributed by atoms with Crippen molar-refractivity contribution in [3.63, 3.8) is 0 Å². The number of pyridine rings is 1. The molecule has 0 bridgehead atoms. The molecule has 1 aromatic heterocycles. The van der Waals surface area contributed by atoms with Gasteiger partial charge in [0, 0.05) is 18.0 Å². The fraction of sp³-hybridized carbons (Fsp3) is 0. The molecule has 0 aliphatic rings. The molecule has 19 heavy (non-hydrogen) atoms. The van der Waals surface area contributed by atoms with E-state index < -0.39 is 10.8 Å². The van der Waals surface area contributed by atoms with Gasteiger partial charge in [-0.1, -0.05) is 6.07 Å². The summed E-state index contributed by atoms with van der Waals surface area (Å²) in [5, 5.41) is 13.3. The fourth-order valence-electron chi connectivity index (χ4n) is 1.52. The number of hydrogen-bond donors (Lipinski definition) is 2. The highest BCUT2D eigenvalue weighted by atomic mass is 16.6. The molecule has 0 spiro atoms. The van der Waals surface area contributed by atoms with Crippen LogP contribution < -0.4 is 11.1 Å². The van der Waals surface area contributed by atoms with Gasteiger partial charge in [-0.15, -0.1) is 0 Å². The molecule has 2 rings (SSSR count). The highest BCUT2D eigenvalue weighted by molar-refractivity contribution is 6.07. The number of carbonyl (C=O) groups excluding carboxylic acids is 1. The Bertz CT molecular complexity index is 628. The van der Waals surface area contributed by atoms with Crippen molar-refractivity contribution < 1.29 is 9.72 Å². The van der Waals surface area contributed by atoms with Crippen LogP contribution in [0.15, 0.2) is 42.6 Å². The van der Waals surface area contributed by atoms with E-state index in [4.69, 9.17) is 5.73 Å². The van der Waals surface area contributed by atoms with Crippen molar-refractivity contribution in [1.82, 2.24) is 4.98 Å². The largest absolute Gasteiger partial charge is 0.399 e. The summed E-state index contributed by atoms with van der Waals surface area (Å²) in [6.07, 6.45) is 1.50. The second kappa shape index (κ2) is 5.13. The summed E-state index contributed by atoms with van der Waals surface area (Å²) in [6.45, 7) is 0. The SMILES string of the molecule is Nc1ccc([N+](=O)[O-])c(C(=O)Nc2ccccn2)c1. The van der Waals surface area contributed by atoms with Crippen molar-refractivity contribution in [3.05, 3.63) is 58.3 Å². The van der Waals surface area contributed by atoms with Gasteiger partial charge in [0.2, 0.25) is 0 Å². The molecule has 0 atom stereocenters. The maximum atomic E-state index is 12.0. The number of nitro groups is 1. The van der Waals surface area contributed by atoms with Crippen molar-refractivity contribution in [1.29, 1.82) is 0 Å². The standard InChI is InChI=1S/C12H10N4O3/c13-8-4-5-10(16(18)19)9(7-8)12(17)15-11-3-1-2-6-14-11/h1-7H,13H2,(H,14,15,17). The molecule has 0 unspecified atom stereocenters. The van der Waals surface area contributed by atoms with E-state index in [1.165, 1.54) is 24.4 Å². The van der Waals surface area contributed by atoms with Gasteiger partial charge in [-0.05, 0) is 24.3 Å². The number of rotatable bonds is 3. The maximum absolute atomic E-state index is 12.0. The van der Waals surface area contributed by atoms with Gasteiger partial charge < -0.3 is 11.1 Å². The molecular formula is C12H10N4O3. The number of nitrogens with two attached hydrogens (primary N) is 1. The van der Waals surface area contributed by atoms with Crippen molar-refractivity contribution >= 4 is 23.1 Å². The van der Waals surface area contributed by atoms with E-state index in [2.05, 4.69) is 10.3 Å². The van der Waals surface area contributed by atoms with Crippen LogP contribution in [0, 0.1) is 10.1 Å². The van der Waals surface area contributed by atoms with E-state index in [0.717, 1.165) is 0 Å². The number of nitrogens with zero attached hydrogens (tertiary/aromatic N) is 2. The number of hydrogen-bond acceptors (Lipinski definition) is 5. The normalized spacial score (nSPS) is 9.89. The Balaban J connectivity index is 2.33. The molecule has 2 aromatic rings. The second-order valence-corrected chi connectivity index (χ2v) is 3.70. The van der Waals surface area contributed by atoms with Crippen LogP contribution in [-0.2, 0) is 0 Å². The van der Waals surface area contributed by atoms with E-state index in [9.17, 15) is 14.9 Å². The Hall–Kier alpha value is -2.96. The Morgan fingerprint density at radius 3 is 2.74 bits per heavy atom. The number of anilines is 2. The molecule has 1 amide bonds. The van der Waals surface area contributed by atoms with Crippen LogP contribution in [-0.4, -0.2) is 15.8 Å². The molecule has 0 fully saturated rings. The molecular weight excluding hydrogens is 248 g/mol. The summed E-state index contributed by atoms with van der Waals surface area (Å²) in [5.74, 6) is -0.318. The number of nitro benzene ring substituents is 1. The van der Waals surface area contributed by atoms with Crippen molar-refractivity contribution in [3.8, 4) is 0 Å². The summed E-state index contributed by atoms with van der Waals surface area (Å²) in [4.78, 5) is 26.1. The average molecular weight is 258 g/mol. The molecule has 7 heteroatoms. The van der Waals surface area contributed by atoms with E-state index in [1.54, 1.807) is 18.2 Å². The highest BCUT2D eigenvalue weighted by Crippen LogP contribution is 2.22. The van der Waals surface area contributed by atoms with Gasteiger partial charge in [-0.3, -0.25) is 14.9 Å². The van der Waals surface area contributed by atoms with Gasteiger partial charge in [0.05, 0.1) is 4.92 Å². The van der Waals surface area contributed by atoms with E-state index in [1.807, 2.05) is 0 Å². The topological polar surface area (TPSA) is 111 Å². The van der Waals surface area contributed by atoms with Gasteiger partial charge in [0.1, 0.15) is 11.4 Å². The Morgan fingerprint density at radius 1 is 1.32 bits per heavy atom. The van der Waals surface area contributed by atoms with Crippen LogP contribution >= 0.6 is 0 Å². The van der Waals surface area contributed by atoms with Crippen LogP contribution in [0.4, 0.5) is 17.2 Å². The third kappa shape index (κ3) is 2.83. The smallest absolute Gasteiger partial charge is 0.282 e. The minimum atomic E-state index is -0.632. The summed E-state index contributed by atoms with van der Waals surface area (Å²) in [5.41, 5.74) is 5.41. The summed E-state index contributed by atoms with van der Waals surface area (Å²) in [6, 6.07) is 8.79. The quantitative estimate of drug-likeness (QED) is 0.495. The highest BCUT2D eigenvalue weighted by Gasteiger charge is 2.20. The number of aromatic nitrogens is 1. The van der Waals surface area contributed by atoms with E-state index >= 15 is 0 Å². The first-order valence-corrected chi connectivity index (χ1v) is 5.34. The number of carbonyl (C=O) groups is 1. The van der Waals surface area contributed by atoms with Crippen LogP contribution in [0.2, 0.25) is 0 Å². The predicted octanol–water partition coefficient (Wildman–Crippen LogP) is 1.82. The lowest BCUT2D eigenvalue weighted by atomic mass is 10.1. The minimum absolute atomic E-state index is 0.101. The molecule has 0 aliphatic heterocycles. The number of nitrogen functional groups attached to an aromatic ring is 1. The third-order valence-electron chi connectivity index (χ3n) is 2.37. The minimum Gasteiger partial charge on any atom is -0.399 e. The van der Waals surface area contributed by atoms with Crippen LogP contribution in [0.1, 0.15) is 10.4 Å². The first-order chi connectivity index (χ1) is 9.08. The molecule has 0 saturated heterocycles. The monoisotopic (exact) mass is 258 g/mol.